The molecule has 1 aliphatic rings. The Kier molecular flexibility index (Phi) is 6.71. The highest BCUT2D eigenvalue weighted by Crippen LogP contribution is 2.25. The predicted octanol–water partition coefficient (Wildman–Crippen LogP) is 1.37. The highest BCUT2D eigenvalue weighted by Gasteiger charge is 2.24. The lowest BCUT2D eigenvalue weighted by Gasteiger charge is -2.19. The van der Waals surface area contributed by atoms with Gasteiger partial charge in [-0.3, -0.25) is 9.59 Å². The normalized spacial score (nSPS) is 15.7. The van der Waals surface area contributed by atoms with E-state index in [1.807, 2.05) is 5.32 Å². The Morgan fingerprint density at radius 1 is 1.04 bits per heavy atom. The van der Waals surface area contributed by atoms with Gasteiger partial charge in [-0.15, -0.1) is 0 Å². The molecule has 0 bridgehead atoms. The molecule has 1 fully saturated rings. The van der Waals surface area contributed by atoms with Gasteiger partial charge < -0.3 is 20.3 Å². The van der Waals surface area contributed by atoms with Crippen LogP contribution in [-0.4, -0.2) is 40.1 Å². The number of esters is 1. The van der Waals surface area contributed by atoms with E-state index in [2.05, 4.69) is 0 Å². The summed E-state index contributed by atoms with van der Waals surface area (Å²) in [5, 5.41) is 19.6. The average Bonchev–Trinajstić information content (AvgIpc) is 2.63. The number of aliphatic carboxylic acids is 2. The molecule has 0 aromatic heterocycles. The maximum atomic E-state index is 12.1. The number of carbonyl (C=O) groups excluding carboxylic acids is 2. The minimum absolute atomic E-state index is 0.0777. The maximum Gasteiger partial charge on any atom is 0.394 e. The number of ether oxygens (including phenoxy) is 1. The van der Waals surface area contributed by atoms with Crippen LogP contribution in [0.5, 0.6) is 5.75 Å². The zero-order valence-electron chi connectivity index (χ0n) is 14.1. The summed E-state index contributed by atoms with van der Waals surface area (Å²) in [5.41, 5.74) is 0.556. The zero-order chi connectivity index (χ0) is 19.1. The molecule has 8 nitrogen and oxygen atoms in total. The molecular weight excluding hydrogens is 342 g/mol. The SMILES string of the molecule is O=C(O)C(=O)N[C@H](Cc1ccc(OC(=O)C2CCCCC2)cc1)C(=O)O. The molecule has 140 valence electrons. The van der Waals surface area contributed by atoms with Crippen LogP contribution in [0.3, 0.4) is 0 Å². The van der Waals surface area contributed by atoms with E-state index >= 15 is 0 Å². The number of carboxylic acid groups (broad SMARTS) is 2. The van der Waals surface area contributed by atoms with Gasteiger partial charge in [0.2, 0.25) is 0 Å². The van der Waals surface area contributed by atoms with Gasteiger partial charge in [0.15, 0.2) is 0 Å². The van der Waals surface area contributed by atoms with Gasteiger partial charge in [0.05, 0.1) is 5.92 Å². The first-order valence-electron chi connectivity index (χ1n) is 8.44. The molecule has 0 spiro atoms. The molecule has 2 rings (SSSR count). The van der Waals surface area contributed by atoms with Crippen molar-refractivity contribution >= 4 is 23.8 Å². The topological polar surface area (TPSA) is 130 Å². The summed E-state index contributed by atoms with van der Waals surface area (Å²) >= 11 is 0. The number of hydrogen-bond donors (Lipinski definition) is 3. The second-order valence-electron chi connectivity index (χ2n) is 6.27. The summed E-state index contributed by atoms with van der Waals surface area (Å²) in [6, 6.07) is 4.88. The van der Waals surface area contributed by atoms with Crippen LogP contribution in [0.2, 0.25) is 0 Å². The van der Waals surface area contributed by atoms with Gasteiger partial charge in [0, 0.05) is 6.42 Å². The molecule has 1 aromatic carbocycles. The fourth-order valence-electron chi connectivity index (χ4n) is 2.89. The second-order valence-corrected chi connectivity index (χ2v) is 6.27. The van der Waals surface area contributed by atoms with Crippen molar-refractivity contribution in [2.45, 2.75) is 44.6 Å². The first-order valence-corrected chi connectivity index (χ1v) is 8.44. The van der Waals surface area contributed by atoms with Crippen LogP contribution in [0, 0.1) is 5.92 Å². The van der Waals surface area contributed by atoms with E-state index in [-0.39, 0.29) is 18.3 Å². The summed E-state index contributed by atoms with van der Waals surface area (Å²) < 4.78 is 5.35. The van der Waals surface area contributed by atoms with Crippen LogP contribution in [0.1, 0.15) is 37.7 Å². The molecule has 0 aliphatic heterocycles. The molecular formula is C18H21NO7. The van der Waals surface area contributed by atoms with Crippen molar-refractivity contribution in [1.29, 1.82) is 0 Å². The number of hydrogen-bond acceptors (Lipinski definition) is 5. The number of carbonyl (C=O) groups is 4. The standard InChI is InChI=1S/C18H21NO7/c20-15(17(23)24)19-14(16(21)22)10-11-6-8-13(9-7-11)26-18(25)12-4-2-1-3-5-12/h6-9,12,14H,1-5,10H2,(H,19,20)(H,21,22)(H,23,24)/t14-/m1/s1. The van der Waals surface area contributed by atoms with E-state index in [0.717, 1.165) is 32.1 Å². The van der Waals surface area contributed by atoms with Gasteiger partial charge in [-0.1, -0.05) is 31.4 Å². The van der Waals surface area contributed by atoms with Crippen molar-refractivity contribution in [3.05, 3.63) is 29.8 Å². The summed E-state index contributed by atoms with van der Waals surface area (Å²) in [5.74, 6) is -4.43. The number of carboxylic acids is 2. The number of nitrogens with one attached hydrogen (secondary N) is 1. The van der Waals surface area contributed by atoms with Gasteiger partial charge in [0.25, 0.3) is 0 Å². The van der Waals surface area contributed by atoms with Crippen molar-refractivity contribution < 1.29 is 34.1 Å². The Hall–Kier alpha value is -2.90. The largest absolute Gasteiger partial charge is 0.480 e. The lowest BCUT2D eigenvalue weighted by Crippen LogP contribution is -2.45. The number of benzene rings is 1. The Morgan fingerprint density at radius 3 is 2.19 bits per heavy atom. The predicted molar refractivity (Wildman–Crippen MR) is 89.6 cm³/mol. The van der Waals surface area contributed by atoms with Crippen molar-refractivity contribution in [1.82, 2.24) is 5.32 Å². The third kappa shape index (κ3) is 5.58. The van der Waals surface area contributed by atoms with E-state index < -0.39 is 23.9 Å². The van der Waals surface area contributed by atoms with Gasteiger partial charge in [-0.05, 0) is 30.5 Å². The highest BCUT2D eigenvalue weighted by atomic mass is 16.5. The van der Waals surface area contributed by atoms with Gasteiger partial charge >= 0.3 is 23.8 Å². The molecule has 0 saturated heterocycles. The van der Waals surface area contributed by atoms with E-state index in [1.165, 1.54) is 0 Å². The lowest BCUT2D eigenvalue weighted by atomic mass is 9.89. The van der Waals surface area contributed by atoms with Crippen molar-refractivity contribution in [2.24, 2.45) is 5.92 Å². The highest BCUT2D eigenvalue weighted by molar-refractivity contribution is 6.31. The van der Waals surface area contributed by atoms with Crippen molar-refractivity contribution in [3.63, 3.8) is 0 Å². The summed E-state index contributed by atoms with van der Waals surface area (Å²) in [4.78, 5) is 45.0. The van der Waals surface area contributed by atoms with Gasteiger partial charge in [-0.2, -0.15) is 0 Å². The molecule has 8 heteroatoms. The van der Waals surface area contributed by atoms with Crippen molar-refractivity contribution in [3.8, 4) is 5.75 Å². The monoisotopic (exact) mass is 363 g/mol. The number of rotatable bonds is 6. The molecule has 26 heavy (non-hydrogen) atoms. The minimum Gasteiger partial charge on any atom is -0.480 e. The molecule has 1 atom stereocenters. The Labute approximate surface area is 150 Å². The third-order valence-corrected chi connectivity index (χ3v) is 4.32. The first-order chi connectivity index (χ1) is 12.4. The zero-order valence-corrected chi connectivity index (χ0v) is 14.1. The Morgan fingerprint density at radius 2 is 1.65 bits per heavy atom. The molecule has 0 radical (unpaired) electrons. The van der Waals surface area contributed by atoms with E-state index in [0.29, 0.717) is 11.3 Å². The number of amides is 1. The summed E-state index contributed by atoms with van der Waals surface area (Å²) in [6.45, 7) is 0. The van der Waals surface area contributed by atoms with Crippen molar-refractivity contribution in [2.75, 3.05) is 0 Å². The van der Waals surface area contributed by atoms with Crippen LogP contribution >= 0.6 is 0 Å². The maximum absolute atomic E-state index is 12.1. The van der Waals surface area contributed by atoms with Crippen LogP contribution in [-0.2, 0) is 25.6 Å². The quantitative estimate of drug-likeness (QED) is 0.395. The lowest BCUT2D eigenvalue weighted by molar-refractivity contribution is -0.152. The van der Waals surface area contributed by atoms with Gasteiger partial charge in [0.1, 0.15) is 11.8 Å². The minimum atomic E-state index is -1.75. The third-order valence-electron chi connectivity index (χ3n) is 4.32. The molecule has 1 amide bonds. The van der Waals surface area contributed by atoms with E-state index in [1.54, 1.807) is 24.3 Å². The van der Waals surface area contributed by atoms with E-state index in [4.69, 9.17) is 14.9 Å². The van der Waals surface area contributed by atoms with Crippen LogP contribution < -0.4 is 10.1 Å². The smallest absolute Gasteiger partial charge is 0.394 e. The molecule has 3 N–H and O–H groups in total. The van der Waals surface area contributed by atoms with Crippen LogP contribution in [0.4, 0.5) is 0 Å². The molecule has 1 aliphatic carbocycles. The Bertz CT molecular complexity index is 677. The molecule has 1 aromatic rings. The molecule has 1 saturated carbocycles. The average molecular weight is 363 g/mol. The van der Waals surface area contributed by atoms with E-state index in [9.17, 15) is 19.2 Å². The summed E-state index contributed by atoms with van der Waals surface area (Å²) in [7, 11) is 0. The van der Waals surface area contributed by atoms with Crippen LogP contribution in [0.15, 0.2) is 24.3 Å². The van der Waals surface area contributed by atoms with Gasteiger partial charge in [-0.25, -0.2) is 9.59 Å². The first kappa shape index (κ1) is 19.4. The second kappa shape index (κ2) is 8.98. The molecule has 0 unspecified atom stereocenters. The summed E-state index contributed by atoms with van der Waals surface area (Å²) in [6.07, 6.45) is 4.77. The molecule has 0 heterocycles. The fourth-order valence-corrected chi connectivity index (χ4v) is 2.89. The van der Waals surface area contributed by atoms with Crippen LogP contribution in [0.25, 0.3) is 0 Å². The fraction of sp³-hybridized carbons (Fsp3) is 0.444. The Balaban J connectivity index is 1.94.